The van der Waals surface area contributed by atoms with Crippen LogP contribution in [0.3, 0.4) is 0 Å². The lowest BCUT2D eigenvalue weighted by Gasteiger charge is -2.22. The zero-order valence-electron chi connectivity index (χ0n) is 10.8. The second-order valence-corrected chi connectivity index (χ2v) is 5.76. The van der Waals surface area contributed by atoms with Crippen molar-refractivity contribution in [3.8, 4) is 0 Å². The predicted octanol–water partition coefficient (Wildman–Crippen LogP) is -0.101. The van der Waals surface area contributed by atoms with Crippen LogP contribution in [0.2, 0.25) is 0 Å². The summed E-state index contributed by atoms with van der Waals surface area (Å²) in [6.45, 7) is 4.65. The Labute approximate surface area is 107 Å². The standard InChI is InChI=1S/C10H18N4O3S/c1-4-14(5-2)10(15)8-13(3)18(16,17)9-6-7-11-12-9/h6-7H,4-5,8H2,1-3H3,(H,11,12). The highest BCUT2D eigenvalue weighted by atomic mass is 32.2. The van der Waals surface area contributed by atoms with Crippen LogP contribution in [-0.4, -0.2) is 60.4 Å². The molecule has 0 aromatic carbocycles. The molecule has 7 nitrogen and oxygen atoms in total. The molecule has 0 unspecified atom stereocenters. The first-order valence-electron chi connectivity index (χ1n) is 5.67. The number of nitrogens with zero attached hydrogens (tertiary/aromatic N) is 3. The quantitative estimate of drug-likeness (QED) is 0.784. The van der Waals surface area contributed by atoms with Gasteiger partial charge in [-0.1, -0.05) is 0 Å². The topological polar surface area (TPSA) is 86.4 Å². The number of aromatic nitrogens is 2. The molecule has 0 radical (unpaired) electrons. The minimum atomic E-state index is -3.67. The van der Waals surface area contributed by atoms with Crippen LogP contribution in [0.4, 0.5) is 0 Å². The van der Waals surface area contributed by atoms with Crippen LogP contribution < -0.4 is 0 Å². The normalized spacial score (nSPS) is 11.8. The maximum absolute atomic E-state index is 12.0. The van der Waals surface area contributed by atoms with E-state index in [-0.39, 0.29) is 17.5 Å². The molecule has 0 saturated carbocycles. The van der Waals surface area contributed by atoms with Crippen LogP contribution in [-0.2, 0) is 14.8 Å². The SMILES string of the molecule is CCN(CC)C(=O)CN(C)S(=O)(=O)c1ccn[nH]1. The van der Waals surface area contributed by atoms with E-state index in [2.05, 4.69) is 10.2 Å². The number of nitrogens with one attached hydrogen (secondary N) is 1. The molecule has 0 aliphatic carbocycles. The first-order valence-corrected chi connectivity index (χ1v) is 7.11. The third-order valence-corrected chi connectivity index (χ3v) is 4.37. The molecule has 0 bridgehead atoms. The van der Waals surface area contributed by atoms with Gasteiger partial charge < -0.3 is 4.90 Å². The number of likely N-dealkylation sites (N-methyl/N-ethyl adjacent to an activating group) is 2. The fraction of sp³-hybridized carbons (Fsp3) is 0.600. The Hall–Kier alpha value is -1.41. The number of H-pyrrole nitrogens is 1. The molecule has 0 aliphatic rings. The molecule has 1 rings (SSSR count). The van der Waals surface area contributed by atoms with Crippen molar-refractivity contribution in [1.82, 2.24) is 19.4 Å². The van der Waals surface area contributed by atoms with Gasteiger partial charge in [0.15, 0.2) is 5.03 Å². The van der Waals surface area contributed by atoms with Crippen molar-refractivity contribution in [1.29, 1.82) is 0 Å². The van der Waals surface area contributed by atoms with Crippen molar-refractivity contribution in [2.24, 2.45) is 0 Å². The van der Waals surface area contributed by atoms with Gasteiger partial charge in [0.1, 0.15) is 0 Å². The summed E-state index contributed by atoms with van der Waals surface area (Å²) in [7, 11) is -2.30. The van der Waals surface area contributed by atoms with E-state index < -0.39 is 10.0 Å². The molecule has 0 saturated heterocycles. The summed E-state index contributed by atoms with van der Waals surface area (Å²) in [6, 6.07) is 1.35. The van der Waals surface area contributed by atoms with Crippen molar-refractivity contribution >= 4 is 15.9 Å². The monoisotopic (exact) mass is 274 g/mol. The smallest absolute Gasteiger partial charge is 0.260 e. The van der Waals surface area contributed by atoms with E-state index in [1.54, 1.807) is 4.90 Å². The number of sulfonamides is 1. The molecule has 8 heteroatoms. The molecular formula is C10H18N4O3S. The van der Waals surface area contributed by atoms with Gasteiger partial charge in [-0.2, -0.15) is 9.40 Å². The summed E-state index contributed by atoms with van der Waals surface area (Å²) in [6.07, 6.45) is 1.35. The second-order valence-electron chi connectivity index (χ2n) is 3.75. The average molecular weight is 274 g/mol. The molecule has 102 valence electrons. The van der Waals surface area contributed by atoms with E-state index in [1.165, 1.54) is 19.3 Å². The van der Waals surface area contributed by atoms with Crippen LogP contribution in [0.25, 0.3) is 0 Å². The minimum Gasteiger partial charge on any atom is -0.342 e. The number of hydrogen-bond acceptors (Lipinski definition) is 4. The molecule has 0 atom stereocenters. The van der Waals surface area contributed by atoms with Gasteiger partial charge in [-0.3, -0.25) is 9.89 Å². The fourth-order valence-electron chi connectivity index (χ4n) is 1.51. The van der Waals surface area contributed by atoms with Gasteiger partial charge in [0.05, 0.1) is 12.7 Å². The van der Waals surface area contributed by atoms with Crippen LogP contribution >= 0.6 is 0 Å². The van der Waals surface area contributed by atoms with Crippen molar-refractivity contribution in [3.63, 3.8) is 0 Å². The number of amides is 1. The molecule has 0 spiro atoms. The second kappa shape index (κ2) is 5.96. The molecule has 0 aliphatic heterocycles. The molecule has 0 fully saturated rings. The van der Waals surface area contributed by atoms with Crippen molar-refractivity contribution in [3.05, 3.63) is 12.3 Å². The van der Waals surface area contributed by atoms with Crippen LogP contribution in [0.15, 0.2) is 17.3 Å². The van der Waals surface area contributed by atoms with Gasteiger partial charge >= 0.3 is 0 Å². The molecule has 1 aromatic heterocycles. The van der Waals surface area contributed by atoms with Gasteiger partial charge in [-0.25, -0.2) is 8.42 Å². The van der Waals surface area contributed by atoms with Gasteiger partial charge in [0.2, 0.25) is 5.91 Å². The molecule has 1 amide bonds. The maximum atomic E-state index is 12.0. The molecule has 1 N–H and O–H groups in total. The average Bonchev–Trinajstić information content (AvgIpc) is 2.84. The Kier molecular flexibility index (Phi) is 4.85. The first-order chi connectivity index (χ1) is 8.43. The molecule has 1 heterocycles. The summed E-state index contributed by atoms with van der Waals surface area (Å²) in [5, 5.41) is 5.96. The van der Waals surface area contributed by atoms with E-state index in [0.717, 1.165) is 4.31 Å². The fourth-order valence-corrected chi connectivity index (χ4v) is 2.52. The number of rotatable bonds is 6. The van der Waals surface area contributed by atoms with Gasteiger partial charge in [-0.05, 0) is 19.9 Å². The lowest BCUT2D eigenvalue weighted by atomic mass is 10.4. The van der Waals surface area contributed by atoms with Crippen molar-refractivity contribution < 1.29 is 13.2 Å². The number of aromatic amines is 1. The zero-order chi connectivity index (χ0) is 13.8. The zero-order valence-corrected chi connectivity index (χ0v) is 11.6. The highest BCUT2D eigenvalue weighted by molar-refractivity contribution is 7.89. The summed E-state index contributed by atoms with van der Waals surface area (Å²) >= 11 is 0. The van der Waals surface area contributed by atoms with E-state index in [4.69, 9.17) is 0 Å². The van der Waals surface area contributed by atoms with Gasteiger partial charge in [0.25, 0.3) is 10.0 Å². The Bertz CT molecular complexity index is 479. The number of carbonyl (C=O) groups is 1. The summed E-state index contributed by atoms with van der Waals surface area (Å²) in [4.78, 5) is 13.4. The lowest BCUT2D eigenvalue weighted by molar-refractivity contribution is -0.130. The third-order valence-electron chi connectivity index (χ3n) is 2.64. The first kappa shape index (κ1) is 14.7. The van der Waals surface area contributed by atoms with Crippen molar-refractivity contribution in [2.45, 2.75) is 18.9 Å². The number of hydrogen-bond donors (Lipinski definition) is 1. The van der Waals surface area contributed by atoms with Crippen LogP contribution in [0, 0.1) is 0 Å². The summed E-state index contributed by atoms with van der Waals surface area (Å²) < 4.78 is 25.0. The largest absolute Gasteiger partial charge is 0.342 e. The van der Waals surface area contributed by atoms with E-state index in [1.807, 2.05) is 13.8 Å². The van der Waals surface area contributed by atoms with E-state index in [0.29, 0.717) is 13.1 Å². The van der Waals surface area contributed by atoms with E-state index in [9.17, 15) is 13.2 Å². The Balaban J connectivity index is 2.77. The Morgan fingerprint density at radius 3 is 2.44 bits per heavy atom. The summed E-state index contributed by atoms with van der Waals surface area (Å²) in [5.74, 6) is -0.217. The molecule has 1 aromatic rings. The highest BCUT2D eigenvalue weighted by Crippen LogP contribution is 2.10. The molecule has 18 heavy (non-hydrogen) atoms. The van der Waals surface area contributed by atoms with Crippen LogP contribution in [0.5, 0.6) is 0 Å². The third kappa shape index (κ3) is 3.08. The highest BCUT2D eigenvalue weighted by Gasteiger charge is 2.25. The minimum absolute atomic E-state index is 0.0163. The summed E-state index contributed by atoms with van der Waals surface area (Å²) in [5.41, 5.74) is 0. The van der Waals surface area contributed by atoms with Gasteiger partial charge in [0, 0.05) is 20.1 Å². The number of carbonyl (C=O) groups excluding carboxylic acids is 1. The maximum Gasteiger partial charge on any atom is 0.260 e. The van der Waals surface area contributed by atoms with Crippen molar-refractivity contribution in [2.75, 3.05) is 26.7 Å². The van der Waals surface area contributed by atoms with Gasteiger partial charge in [-0.15, -0.1) is 0 Å². The lowest BCUT2D eigenvalue weighted by Crippen LogP contribution is -2.41. The predicted molar refractivity (Wildman–Crippen MR) is 66.3 cm³/mol. The Morgan fingerprint density at radius 2 is 2.00 bits per heavy atom. The van der Waals surface area contributed by atoms with Crippen LogP contribution in [0.1, 0.15) is 13.8 Å². The Morgan fingerprint density at radius 1 is 1.39 bits per heavy atom. The molecular weight excluding hydrogens is 256 g/mol. The van der Waals surface area contributed by atoms with E-state index >= 15 is 0 Å².